The molecule has 2 rings (SSSR count). The summed E-state index contributed by atoms with van der Waals surface area (Å²) in [6, 6.07) is 0. The van der Waals surface area contributed by atoms with Crippen LogP contribution in [-0.4, -0.2) is 74.7 Å². The third kappa shape index (κ3) is 4.16. The van der Waals surface area contributed by atoms with Crippen LogP contribution in [0.3, 0.4) is 0 Å². The molecule has 2 fully saturated rings. The minimum absolute atomic E-state index is 0.104. The van der Waals surface area contributed by atoms with Crippen LogP contribution in [0.5, 0.6) is 0 Å². The molecule has 2 heterocycles. The fourth-order valence-corrected chi connectivity index (χ4v) is 2.66. The second-order valence-electron chi connectivity index (χ2n) is 6.36. The smallest absolute Gasteiger partial charge is 0.248 e. The van der Waals surface area contributed by atoms with E-state index in [0.29, 0.717) is 5.92 Å². The van der Waals surface area contributed by atoms with E-state index < -0.39 is 0 Å². The lowest BCUT2D eigenvalue weighted by atomic mass is 9.96. The molecule has 0 aliphatic carbocycles. The van der Waals surface area contributed by atoms with Gasteiger partial charge in [0.05, 0.1) is 5.60 Å². The largest absolute Gasteiger partial charge is 0.363 e. The quantitative estimate of drug-likeness (QED) is 0.772. The molecule has 5 nitrogen and oxygen atoms in total. The third-order valence-corrected chi connectivity index (χ3v) is 4.34. The number of carbonyl (C=O) groups is 1. The van der Waals surface area contributed by atoms with Crippen LogP contribution in [0.25, 0.3) is 0 Å². The highest BCUT2D eigenvalue weighted by atomic mass is 16.5. The average molecular weight is 269 g/mol. The van der Waals surface area contributed by atoms with E-state index in [1.807, 2.05) is 18.9 Å². The van der Waals surface area contributed by atoms with Crippen LogP contribution in [0.4, 0.5) is 0 Å². The van der Waals surface area contributed by atoms with Gasteiger partial charge in [0, 0.05) is 26.7 Å². The van der Waals surface area contributed by atoms with Gasteiger partial charge in [0.15, 0.2) is 0 Å². The van der Waals surface area contributed by atoms with E-state index in [1.54, 1.807) is 0 Å². The molecule has 19 heavy (non-hydrogen) atoms. The second-order valence-corrected chi connectivity index (χ2v) is 6.36. The summed E-state index contributed by atoms with van der Waals surface area (Å²) in [5.74, 6) is 0.748. The molecule has 0 aromatic rings. The number of hydrogen-bond acceptors (Lipinski definition) is 4. The minimum Gasteiger partial charge on any atom is -0.363 e. The molecular formula is C14H27N3O2. The molecule has 0 saturated carbocycles. The zero-order valence-corrected chi connectivity index (χ0v) is 12.4. The fraction of sp³-hybridized carbons (Fsp3) is 0.929. The van der Waals surface area contributed by atoms with Crippen LogP contribution in [-0.2, 0) is 9.53 Å². The molecular weight excluding hydrogens is 242 g/mol. The molecule has 2 aliphatic heterocycles. The number of nitrogens with one attached hydrogen (secondary N) is 1. The van der Waals surface area contributed by atoms with Crippen molar-refractivity contribution in [2.24, 2.45) is 5.92 Å². The number of likely N-dealkylation sites (N-methyl/N-ethyl adjacent to an activating group) is 1. The first-order chi connectivity index (χ1) is 8.98. The van der Waals surface area contributed by atoms with Crippen molar-refractivity contribution < 1.29 is 9.53 Å². The van der Waals surface area contributed by atoms with E-state index in [0.717, 1.165) is 32.7 Å². The van der Waals surface area contributed by atoms with Gasteiger partial charge in [-0.3, -0.25) is 4.79 Å². The van der Waals surface area contributed by atoms with E-state index in [9.17, 15) is 4.79 Å². The number of carbonyl (C=O) groups excluding carboxylic acids is 1. The van der Waals surface area contributed by atoms with E-state index >= 15 is 0 Å². The van der Waals surface area contributed by atoms with Gasteiger partial charge >= 0.3 is 0 Å². The highest BCUT2D eigenvalue weighted by molar-refractivity contribution is 5.77. The Balaban J connectivity index is 1.67. The lowest BCUT2D eigenvalue weighted by molar-refractivity contribution is -0.145. The molecule has 0 atom stereocenters. The van der Waals surface area contributed by atoms with Crippen molar-refractivity contribution in [3.8, 4) is 0 Å². The number of piperidine rings is 1. The molecule has 0 spiro atoms. The Morgan fingerprint density at radius 3 is 2.58 bits per heavy atom. The van der Waals surface area contributed by atoms with Crippen LogP contribution < -0.4 is 5.32 Å². The summed E-state index contributed by atoms with van der Waals surface area (Å²) in [4.78, 5) is 16.2. The SMILES string of the molecule is CN1CCC(CN(C)C(=O)COC2(C)CNC2)CC1. The lowest BCUT2D eigenvalue weighted by Gasteiger charge is -2.39. The van der Waals surface area contributed by atoms with Crippen LogP contribution >= 0.6 is 0 Å². The number of amides is 1. The maximum atomic E-state index is 12.0. The van der Waals surface area contributed by atoms with Crippen molar-refractivity contribution in [1.82, 2.24) is 15.1 Å². The zero-order valence-electron chi connectivity index (χ0n) is 12.4. The van der Waals surface area contributed by atoms with Gasteiger partial charge in [-0.1, -0.05) is 0 Å². The van der Waals surface area contributed by atoms with Gasteiger partial charge in [-0.25, -0.2) is 0 Å². The van der Waals surface area contributed by atoms with Gasteiger partial charge in [0.2, 0.25) is 5.91 Å². The molecule has 5 heteroatoms. The molecule has 0 bridgehead atoms. The summed E-state index contributed by atoms with van der Waals surface area (Å²) in [6.45, 7) is 7.11. The van der Waals surface area contributed by atoms with Crippen molar-refractivity contribution in [1.29, 1.82) is 0 Å². The maximum absolute atomic E-state index is 12.0. The first-order valence-corrected chi connectivity index (χ1v) is 7.26. The Kier molecular flexibility index (Phi) is 4.81. The van der Waals surface area contributed by atoms with Gasteiger partial charge in [-0.05, 0) is 45.8 Å². The predicted molar refractivity (Wildman–Crippen MR) is 75.1 cm³/mol. The van der Waals surface area contributed by atoms with Gasteiger partial charge in [0.1, 0.15) is 6.61 Å². The topological polar surface area (TPSA) is 44.8 Å². The molecule has 1 N–H and O–H groups in total. The Morgan fingerprint density at radius 1 is 1.42 bits per heavy atom. The van der Waals surface area contributed by atoms with Gasteiger partial charge in [-0.2, -0.15) is 0 Å². The Labute approximate surface area is 116 Å². The van der Waals surface area contributed by atoms with E-state index in [-0.39, 0.29) is 18.1 Å². The number of nitrogens with zero attached hydrogens (tertiary/aromatic N) is 2. The zero-order chi connectivity index (χ0) is 13.9. The molecule has 0 unspecified atom stereocenters. The van der Waals surface area contributed by atoms with E-state index in [1.165, 1.54) is 12.8 Å². The summed E-state index contributed by atoms with van der Waals surface area (Å²) < 4.78 is 5.69. The van der Waals surface area contributed by atoms with Gasteiger partial charge in [-0.15, -0.1) is 0 Å². The Bertz CT molecular complexity index is 310. The van der Waals surface area contributed by atoms with Crippen molar-refractivity contribution in [2.45, 2.75) is 25.4 Å². The highest BCUT2D eigenvalue weighted by Gasteiger charge is 2.33. The van der Waals surface area contributed by atoms with Crippen LogP contribution in [0, 0.1) is 5.92 Å². The average Bonchev–Trinajstić information content (AvgIpc) is 2.36. The summed E-state index contributed by atoms with van der Waals surface area (Å²) in [5, 5.41) is 3.17. The molecule has 0 radical (unpaired) electrons. The van der Waals surface area contributed by atoms with Crippen molar-refractivity contribution >= 4 is 5.91 Å². The third-order valence-electron chi connectivity index (χ3n) is 4.34. The van der Waals surface area contributed by atoms with Crippen molar-refractivity contribution in [3.05, 3.63) is 0 Å². The summed E-state index contributed by atoms with van der Waals surface area (Å²) in [7, 11) is 4.05. The molecule has 110 valence electrons. The molecule has 0 aromatic carbocycles. The summed E-state index contributed by atoms with van der Waals surface area (Å²) >= 11 is 0. The highest BCUT2D eigenvalue weighted by Crippen LogP contribution is 2.18. The van der Waals surface area contributed by atoms with Crippen LogP contribution in [0.1, 0.15) is 19.8 Å². The van der Waals surface area contributed by atoms with Crippen LogP contribution in [0.2, 0.25) is 0 Å². The second kappa shape index (κ2) is 6.20. The summed E-state index contributed by atoms with van der Waals surface area (Å²) in [6.07, 6.45) is 2.38. The normalized spacial score (nSPS) is 23.9. The monoisotopic (exact) mass is 269 g/mol. The fourth-order valence-electron chi connectivity index (χ4n) is 2.66. The number of likely N-dealkylation sites (tertiary alicyclic amines) is 1. The van der Waals surface area contributed by atoms with Gasteiger partial charge < -0.3 is 19.9 Å². The maximum Gasteiger partial charge on any atom is 0.248 e. The number of hydrogen-bond donors (Lipinski definition) is 1. The molecule has 2 saturated heterocycles. The van der Waals surface area contributed by atoms with E-state index in [4.69, 9.17) is 4.74 Å². The molecule has 1 amide bonds. The van der Waals surface area contributed by atoms with Gasteiger partial charge in [0.25, 0.3) is 0 Å². The van der Waals surface area contributed by atoms with Crippen molar-refractivity contribution in [2.75, 3.05) is 53.4 Å². The number of rotatable bonds is 5. The first-order valence-electron chi connectivity index (χ1n) is 7.26. The first kappa shape index (κ1) is 14.8. The summed E-state index contributed by atoms with van der Waals surface area (Å²) in [5.41, 5.74) is -0.135. The Morgan fingerprint density at radius 2 is 2.05 bits per heavy atom. The predicted octanol–water partition coefficient (Wildman–Crippen LogP) is 0.165. The van der Waals surface area contributed by atoms with Crippen molar-refractivity contribution in [3.63, 3.8) is 0 Å². The minimum atomic E-state index is -0.135. The van der Waals surface area contributed by atoms with E-state index in [2.05, 4.69) is 17.3 Å². The standard InChI is InChI=1S/C14H27N3O2/c1-14(10-15-11-14)19-9-13(18)17(3)8-12-4-6-16(2)7-5-12/h12,15H,4-11H2,1-3H3. The molecule has 2 aliphatic rings. The van der Waals surface area contributed by atoms with Crippen LogP contribution in [0.15, 0.2) is 0 Å². The Hall–Kier alpha value is -0.650. The lowest BCUT2D eigenvalue weighted by Crippen LogP contribution is -2.59. The number of ether oxygens (including phenoxy) is 1. The molecule has 0 aromatic heterocycles.